The Labute approximate surface area is 170 Å². The van der Waals surface area contributed by atoms with Crippen LogP contribution in [0, 0.1) is 18.3 Å². The quantitative estimate of drug-likeness (QED) is 0.516. The van der Waals surface area contributed by atoms with Crippen LogP contribution < -0.4 is 10.1 Å². The van der Waals surface area contributed by atoms with Crippen molar-refractivity contribution in [3.05, 3.63) is 59.9 Å². The van der Waals surface area contributed by atoms with E-state index in [1.165, 1.54) is 18.5 Å². The van der Waals surface area contributed by atoms with Crippen LogP contribution in [0.3, 0.4) is 0 Å². The number of carboxylic acids is 1. The van der Waals surface area contributed by atoms with Gasteiger partial charge in [-0.15, -0.1) is 0 Å². The number of anilines is 2. The number of carbonyl (C=O) groups is 1. The molecule has 0 aromatic carbocycles. The lowest BCUT2D eigenvalue weighted by Crippen LogP contribution is -2.01. The number of rotatable bonds is 5. The second-order valence-electron chi connectivity index (χ2n) is 6.45. The Morgan fingerprint density at radius 3 is 2.73 bits per heavy atom. The third-order valence-electron chi connectivity index (χ3n) is 4.30. The van der Waals surface area contributed by atoms with Crippen molar-refractivity contribution in [2.45, 2.75) is 6.92 Å². The second-order valence-corrected chi connectivity index (χ2v) is 6.45. The van der Waals surface area contributed by atoms with E-state index < -0.39 is 5.97 Å². The van der Waals surface area contributed by atoms with Crippen LogP contribution in [0.2, 0.25) is 0 Å². The third kappa shape index (κ3) is 3.59. The van der Waals surface area contributed by atoms with E-state index in [1.807, 2.05) is 20.0 Å². The van der Waals surface area contributed by atoms with Crippen LogP contribution in [0.1, 0.15) is 21.7 Å². The average Bonchev–Trinajstić information content (AvgIpc) is 3.11. The van der Waals surface area contributed by atoms with Crippen molar-refractivity contribution in [2.24, 2.45) is 7.05 Å². The number of aryl methyl sites for hydroxylation is 2. The molecule has 0 atom stereocenters. The van der Waals surface area contributed by atoms with Gasteiger partial charge < -0.3 is 19.7 Å². The normalized spacial score (nSPS) is 10.6. The molecule has 4 heterocycles. The Morgan fingerprint density at radius 2 is 2.07 bits per heavy atom. The van der Waals surface area contributed by atoms with Crippen LogP contribution in [-0.2, 0) is 7.05 Å². The highest BCUT2D eigenvalue weighted by molar-refractivity contribution is 5.89. The maximum atomic E-state index is 11.0. The summed E-state index contributed by atoms with van der Waals surface area (Å²) in [4.78, 5) is 27.8. The van der Waals surface area contributed by atoms with Crippen molar-refractivity contribution in [3.63, 3.8) is 0 Å². The highest BCUT2D eigenvalue weighted by Gasteiger charge is 2.14. The fourth-order valence-corrected chi connectivity index (χ4v) is 2.80. The Kier molecular flexibility index (Phi) is 4.69. The van der Waals surface area contributed by atoms with Gasteiger partial charge in [0, 0.05) is 13.1 Å². The molecule has 148 valence electrons. The Balaban J connectivity index is 1.71. The Hall–Kier alpha value is -4.52. The SMILES string of the molecule is Cc1cc(C#N)ncc1Oc1cc(Nc2ccc(C(=O)O)nc2)c2ncn(C)c2n1. The predicted octanol–water partition coefficient (Wildman–Crippen LogP) is 3.17. The van der Waals surface area contributed by atoms with Gasteiger partial charge in [0.1, 0.15) is 23.0 Å². The number of imidazole rings is 1. The molecular weight excluding hydrogens is 386 g/mol. The molecule has 0 fully saturated rings. The molecule has 4 aromatic heterocycles. The maximum absolute atomic E-state index is 11.0. The van der Waals surface area contributed by atoms with E-state index in [1.54, 1.807) is 29.1 Å². The molecule has 0 saturated heterocycles. The van der Waals surface area contributed by atoms with Gasteiger partial charge in [-0.05, 0) is 30.7 Å². The lowest BCUT2D eigenvalue weighted by Gasteiger charge is -2.11. The summed E-state index contributed by atoms with van der Waals surface area (Å²) in [5.74, 6) is -0.320. The summed E-state index contributed by atoms with van der Waals surface area (Å²) in [7, 11) is 1.81. The van der Waals surface area contributed by atoms with Crippen LogP contribution >= 0.6 is 0 Å². The minimum atomic E-state index is -1.10. The number of ether oxygens (including phenoxy) is 1. The number of aromatic carboxylic acids is 1. The molecule has 2 N–H and O–H groups in total. The van der Waals surface area contributed by atoms with Crippen LogP contribution in [0.4, 0.5) is 11.4 Å². The van der Waals surface area contributed by atoms with E-state index in [4.69, 9.17) is 15.1 Å². The number of fused-ring (bicyclic) bond motifs is 1. The summed E-state index contributed by atoms with van der Waals surface area (Å²) in [6.07, 6.45) is 4.53. The highest BCUT2D eigenvalue weighted by Crippen LogP contribution is 2.31. The Morgan fingerprint density at radius 1 is 1.23 bits per heavy atom. The van der Waals surface area contributed by atoms with Gasteiger partial charge in [-0.2, -0.15) is 10.2 Å². The standard InChI is InChI=1S/C20H15N7O3/c1-11-5-13(7-21)22-9-16(11)30-17-6-15(18-19(26-17)27(2)10-24-18)25-12-3-4-14(20(28)29)23-8-12/h3-6,8-10H,1-2H3,(H,25,26)(H,28,29). The number of hydrogen-bond acceptors (Lipinski definition) is 8. The maximum Gasteiger partial charge on any atom is 0.354 e. The lowest BCUT2D eigenvalue weighted by molar-refractivity contribution is 0.0690. The first-order valence-corrected chi connectivity index (χ1v) is 8.77. The zero-order valence-electron chi connectivity index (χ0n) is 16.0. The van der Waals surface area contributed by atoms with Gasteiger partial charge in [-0.1, -0.05) is 0 Å². The molecule has 0 amide bonds. The largest absolute Gasteiger partial charge is 0.477 e. The van der Waals surface area contributed by atoms with Crippen molar-refractivity contribution in [2.75, 3.05) is 5.32 Å². The van der Waals surface area contributed by atoms with E-state index in [2.05, 4.69) is 25.3 Å². The van der Waals surface area contributed by atoms with E-state index >= 15 is 0 Å². The zero-order chi connectivity index (χ0) is 21.3. The summed E-state index contributed by atoms with van der Waals surface area (Å²) in [6.45, 7) is 1.81. The number of carboxylic acid groups (broad SMARTS) is 1. The van der Waals surface area contributed by atoms with Crippen molar-refractivity contribution in [1.82, 2.24) is 24.5 Å². The molecular formula is C20H15N7O3. The second kappa shape index (κ2) is 7.48. The van der Waals surface area contributed by atoms with Gasteiger partial charge in [-0.3, -0.25) is 0 Å². The monoisotopic (exact) mass is 401 g/mol. The first-order valence-electron chi connectivity index (χ1n) is 8.77. The average molecular weight is 401 g/mol. The minimum absolute atomic E-state index is 0.0499. The van der Waals surface area contributed by atoms with Gasteiger partial charge in [0.15, 0.2) is 11.4 Å². The van der Waals surface area contributed by atoms with Crippen LogP contribution in [0.5, 0.6) is 11.6 Å². The summed E-state index contributed by atoms with van der Waals surface area (Å²) >= 11 is 0. The third-order valence-corrected chi connectivity index (χ3v) is 4.30. The number of hydrogen-bond donors (Lipinski definition) is 2. The fourth-order valence-electron chi connectivity index (χ4n) is 2.80. The van der Waals surface area contributed by atoms with Gasteiger partial charge >= 0.3 is 5.97 Å². The zero-order valence-corrected chi connectivity index (χ0v) is 16.0. The smallest absolute Gasteiger partial charge is 0.354 e. The number of nitrogens with one attached hydrogen (secondary N) is 1. The van der Waals surface area contributed by atoms with Gasteiger partial charge in [0.25, 0.3) is 0 Å². The van der Waals surface area contributed by atoms with Crippen LogP contribution in [0.15, 0.2) is 43.0 Å². The Bertz CT molecular complexity index is 1310. The minimum Gasteiger partial charge on any atom is -0.477 e. The summed E-state index contributed by atoms with van der Waals surface area (Å²) in [6, 6.07) is 8.32. The molecule has 0 radical (unpaired) electrons. The molecule has 4 aromatic rings. The molecule has 0 saturated carbocycles. The van der Waals surface area contributed by atoms with Crippen molar-refractivity contribution in [3.8, 4) is 17.7 Å². The number of nitrogens with zero attached hydrogens (tertiary/aromatic N) is 6. The highest BCUT2D eigenvalue weighted by atomic mass is 16.5. The molecule has 0 aliphatic rings. The van der Waals surface area contributed by atoms with E-state index in [9.17, 15) is 4.79 Å². The van der Waals surface area contributed by atoms with E-state index in [0.29, 0.717) is 39.9 Å². The van der Waals surface area contributed by atoms with Crippen LogP contribution in [0.25, 0.3) is 11.2 Å². The molecule has 0 aliphatic heterocycles. The number of aromatic nitrogens is 5. The van der Waals surface area contributed by atoms with E-state index in [-0.39, 0.29) is 5.69 Å². The van der Waals surface area contributed by atoms with Crippen LogP contribution in [-0.4, -0.2) is 35.6 Å². The van der Waals surface area contributed by atoms with Gasteiger partial charge in [0.05, 0.1) is 30.1 Å². The summed E-state index contributed by atoms with van der Waals surface area (Å²) < 4.78 is 7.67. The lowest BCUT2D eigenvalue weighted by atomic mass is 10.2. The molecule has 4 rings (SSSR count). The molecule has 0 bridgehead atoms. The molecule has 30 heavy (non-hydrogen) atoms. The van der Waals surface area contributed by atoms with Crippen molar-refractivity contribution in [1.29, 1.82) is 5.26 Å². The summed E-state index contributed by atoms with van der Waals surface area (Å²) in [5.41, 5.74) is 3.39. The molecule has 10 heteroatoms. The summed E-state index contributed by atoms with van der Waals surface area (Å²) in [5, 5.41) is 21.1. The van der Waals surface area contributed by atoms with Gasteiger partial charge in [-0.25, -0.2) is 19.7 Å². The number of pyridine rings is 3. The van der Waals surface area contributed by atoms with Gasteiger partial charge in [0.2, 0.25) is 5.88 Å². The number of nitriles is 1. The molecule has 0 aliphatic carbocycles. The first kappa shape index (κ1) is 18.8. The topological polar surface area (TPSA) is 139 Å². The van der Waals surface area contributed by atoms with E-state index in [0.717, 1.165) is 5.56 Å². The van der Waals surface area contributed by atoms with Crippen molar-refractivity contribution < 1.29 is 14.6 Å². The molecule has 0 spiro atoms. The first-order chi connectivity index (χ1) is 14.4. The fraction of sp³-hybridized carbons (Fsp3) is 0.100. The molecule has 0 unspecified atom stereocenters. The van der Waals surface area contributed by atoms with Crippen molar-refractivity contribution >= 4 is 28.5 Å². The predicted molar refractivity (Wildman–Crippen MR) is 107 cm³/mol. The molecule has 10 nitrogen and oxygen atoms in total.